The molecule has 3 aromatic rings. The van der Waals surface area contributed by atoms with Crippen LogP contribution in [0.1, 0.15) is 21.7 Å². The van der Waals surface area contributed by atoms with Crippen LogP contribution < -0.4 is 5.73 Å². The van der Waals surface area contributed by atoms with Crippen LogP contribution in [-0.2, 0) is 0 Å². The van der Waals surface area contributed by atoms with Gasteiger partial charge in [0.25, 0.3) is 5.91 Å². The van der Waals surface area contributed by atoms with Crippen molar-refractivity contribution in [3.8, 4) is 11.3 Å². The molecule has 0 aliphatic carbocycles. The second-order valence-corrected chi connectivity index (χ2v) is 4.82. The van der Waals surface area contributed by atoms with Crippen molar-refractivity contribution in [1.82, 2.24) is 15.0 Å². The van der Waals surface area contributed by atoms with Gasteiger partial charge in [-0.3, -0.25) is 4.79 Å². The van der Waals surface area contributed by atoms with Crippen LogP contribution in [0.2, 0.25) is 0 Å². The second-order valence-electron chi connectivity index (χ2n) is 4.82. The maximum absolute atomic E-state index is 11.4. The van der Waals surface area contributed by atoms with E-state index >= 15 is 0 Å². The Balaban J connectivity index is 2.33. The SMILES string of the molecule is Cc1ccc(-c2nc(C(N)=O)nc3[nH]ccc23)c(C)c1. The standard InChI is InChI=1S/C15H14N4O/c1-8-3-4-10(9(2)7-8)12-11-5-6-17-14(11)19-15(18-12)13(16)20/h3-7H,1-2H3,(H2,16,20)(H,17,18,19). The first-order valence-corrected chi connectivity index (χ1v) is 6.29. The summed E-state index contributed by atoms with van der Waals surface area (Å²) < 4.78 is 0. The molecule has 0 aliphatic rings. The summed E-state index contributed by atoms with van der Waals surface area (Å²) >= 11 is 0. The minimum Gasteiger partial charge on any atom is -0.363 e. The molecule has 100 valence electrons. The van der Waals surface area contributed by atoms with E-state index < -0.39 is 5.91 Å². The largest absolute Gasteiger partial charge is 0.363 e. The summed E-state index contributed by atoms with van der Waals surface area (Å²) in [5, 5.41) is 0.877. The lowest BCUT2D eigenvalue weighted by molar-refractivity contribution is 0.0991. The van der Waals surface area contributed by atoms with E-state index in [0.29, 0.717) is 5.65 Å². The Morgan fingerprint density at radius 2 is 2.00 bits per heavy atom. The van der Waals surface area contributed by atoms with Gasteiger partial charge in [-0.1, -0.05) is 23.8 Å². The lowest BCUT2D eigenvalue weighted by Crippen LogP contribution is -2.15. The fourth-order valence-corrected chi connectivity index (χ4v) is 2.34. The molecule has 2 heterocycles. The number of carbonyl (C=O) groups excluding carboxylic acids is 1. The Morgan fingerprint density at radius 3 is 2.70 bits per heavy atom. The van der Waals surface area contributed by atoms with Gasteiger partial charge < -0.3 is 10.7 Å². The van der Waals surface area contributed by atoms with Crippen LogP contribution in [0.3, 0.4) is 0 Å². The summed E-state index contributed by atoms with van der Waals surface area (Å²) in [5.41, 5.74) is 9.90. The van der Waals surface area contributed by atoms with Gasteiger partial charge in [-0.2, -0.15) is 0 Å². The highest BCUT2D eigenvalue weighted by molar-refractivity contribution is 5.96. The fraction of sp³-hybridized carbons (Fsp3) is 0.133. The molecule has 0 aliphatic heterocycles. The van der Waals surface area contributed by atoms with Crippen molar-refractivity contribution in [2.24, 2.45) is 5.73 Å². The summed E-state index contributed by atoms with van der Waals surface area (Å²) in [6.45, 7) is 4.06. The third-order valence-electron chi connectivity index (χ3n) is 3.27. The molecular formula is C15H14N4O. The normalized spacial score (nSPS) is 10.9. The number of benzene rings is 1. The van der Waals surface area contributed by atoms with Crippen molar-refractivity contribution in [3.05, 3.63) is 47.4 Å². The van der Waals surface area contributed by atoms with E-state index in [1.165, 1.54) is 5.56 Å². The molecule has 3 rings (SSSR count). The molecule has 0 saturated heterocycles. The number of hydrogen-bond acceptors (Lipinski definition) is 3. The Labute approximate surface area is 115 Å². The number of primary amides is 1. The molecule has 0 bridgehead atoms. The molecule has 0 unspecified atom stereocenters. The highest BCUT2D eigenvalue weighted by Crippen LogP contribution is 2.28. The lowest BCUT2D eigenvalue weighted by atomic mass is 10.0. The summed E-state index contributed by atoms with van der Waals surface area (Å²) in [7, 11) is 0. The number of rotatable bonds is 2. The number of fused-ring (bicyclic) bond motifs is 1. The number of amides is 1. The van der Waals surface area contributed by atoms with E-state index in [9.17, 15) is 4.79 Å². The summed E-state index contributed by atoms with van der Waals surface area (Å²) in [4.78, 5) is 22.8. The molecule has 0 fully saturated rings. The van der Waals surface area contributed by atoms with Crippen LogP contribution in [0, 0.1) is 13.8 Å². The van der Waals surface area contributed by atoms with Crippen molar-refractivity contribution in [2.75, 3.05) is 0 Å². The molecule has 2 aromatic heterocycles. The van der Waals surface area contributed by atoms with Gasteiger partial charge in [0.2, 0.25) is 5.82 Å². The van der Waals surface area contributed by atoms with Gasteiger partial charge in [0, 0.05) is 17.1 Å². The third kappa shape index (κ3) is 1.93. The topological polar surface area (TPSA) is 84.7 Å². The first-order valence-electron chi connectivity index (χ1n) is 6.29. The van der Waals surface area contributed by atoms with Crippen LogP contribution in [0.15, 0.2) is 30.5 Å². The van der Waals surface area contributed by atoms with Gasteiger partial charge in [0.05, 0.1) is 5.69 Å². The van der Waals surface area contributed by atoms with Gasteiger partial charge in [-0.05, 0) is 25.5 Å². The minimum atomic E-state index is -0.632. The maximum Gasteiger partial charge on any atom is 0.286 e. The average Bonchev–Trinajstić information content (AvgIpc) is 2.86. The second kappa shape index (κ2) is 4.45. The van der Waals surface area contributed by atoms with Gasteiger partial charge in [-0.25, -0.2) is 9.97 Å². The van der Waals surface area contributed by atoms with E-state index in [0.717, 1.165) is 22.2 Å². The quantitative estimate of drug-likeness (QED) is 0.746. The molecule has 5 heteroatoms. The average molecular weight is 266 g/mol. The van der Waals surface area contributed by atoms with Gasteiger partial charge in [0.15, 0.2) is 0 Å². The molecule has 0 atom stereocenters. The Morgan fingerprint density at radius 1 is 1.20 bits per heavy atom. The molecule has 3 N–H and O–H groups in total. The maximum atomic E-state index is 11.4. The number of aromatic amines is 1. The van der Waals surface area contributed by atoms with Crippen molar-refractivity contribution in [1.29, 1.82) is 0 Å². The van der Waals surface area contributed by atoms with Crippen LogP contribution >= 0.6 is 0 Å². The zero-order valence-corrected chi connectivity index (χ0v) is 11.3. The van der Waals surface area contributed by atoms with Crippen LogP contribution in [0.25, 0.3) is 22.3 Å². The Kier molecular flexibility index (Phi) is 2.75. The van der Waals surface area contributed by atoms with Crippen molar-refractivity contribution < 1.29 is 4.79 Å². The molecular weight excluding hydrogens is 252 g/mol. The van der Waals surface area contributed by atoms with Gasteiger partial charge >= 0.3 is 0 Å². The van der Waals surface area contributed by atoms with Crippen molar-refractivity contribution >= 4 is 16.9 Å². The van der Waals surface area contributed by atoms with E-state index in [1.807, 2.05) is 32.0 Å². The third-order valence-corrected chi connectivity index (χ3v) is 3.27. The summed E-state index contributed by atoms with van der Waals surface area (Å²) in [6.07, 6.45) is 1.77. The molecule has 5 nitrogen and oxygen atoms in total. The molecule has 20 heavy (non-hydrogen) atoms. The molecule has 0 saturated carbocycles. The molecule has 1 aromatic carbocycles. The number of aryl methyl sites for hydroxylation is 2. The minimum absolute atomic E-state index is 0.0231. The zero-order chi connectivity index (χ0) is 14.3. The zero-order valence-electron chi connectivity index (χ0n) is 11.3. The van der Waals surface area contributed by atoms with Gasteiger partial charge in [0.1, 0.15) is 5.65 Å². The smallest absolute Gasteiger partial charge is 0.286 e. The van der Waals surface area contributed by atoms with Gasteiger partial charge in [-0.15, -0.1) is 0 Å². The predicted octanol–water partition coefficient (Wildman–Crippen LogP) is 2.34. The van der Waals surface area contributed by atoms with Crippen LogP contribution in [0.4, 0.5) is 0 Å². The molecule has 1 amide bonds. The summed E-state index contributed by atoms with van der Waals surface area (Å²) in [5.74, 6) is -0.609. The first kappa shape index (κ1) is 12.3. The Hall–Kier alpha value is -2.69. The fourth-order valence-electron chi connectivity index (χ4n) is 2.34. The van der Waals surface area contributed by atoms with Crippen LogP contribution in [-0.4, -0.2) is 20.9 Å². The van der Waals surface area contributed by atoms with Crippen LogP contribution in [0.5, 0.6) is 0 Å². The molecule has 0 spiro atoms. The number of carbonyl (C=O) groups is 1. The number of hydrogen-bond donors (Lipinski definition) is 2. The van der Waals surface area contributed by atoms with E-state index in [4.69, 9.17) is 5.73 Å². The van der Waals surface area contributed by atoms with Crippen molar-refractivity contribution in [3.63, 3.8) is 0 Å². The number of nitrogens with zero attached hydrogens (tertiary/aromatic N) is 2. The van der Waals surface area contributed by atoms with E-state index in [1.54, 1.807) is 6.20 Å². The highest BCUT2D eigenvalue weighted by Gasteiger charge is 2.14. The van der Waals surface area contributed by atoms with E-state index in [-0.39, 0.29) is 5.82 Å². The number of aromatic nitrogens is 3. The highest BCUT2D eigenvalue weighted by atomic mass is 16.1. The predicted molar refractivity (Wildman–Crippen MR) is 77.3 cm³/mol. The first-order chi connectivity index (χ1) is 9.56. The summed E-state index contributed by atoms with van der Waals surface area (Å²) in [6, 6.07) is 8.01. The molecule has 0 radical (unpaired) electrons. The monoisotopic (exact) mass is 266 g/mol. The lowest BCUT2D eigenvalue weighted by Gasteiger charge is -2.08. The van der Waals surface area contributed by atoms with E-state index in [2.05, 4.69) is 21.0 Å². The number of H-pyrrole nitrogens is 1. The van der Waals surface area contributed by atoms with Crippen molar-refractivity contribution in [2.45, 2.75) is 13.8 Å². The number of nitrogens with two attached hydrogens (primary N) is 1. The number of nitrogens with one attached hydrogen (secondary N) is 1. The Bertz CT molecular complexity index is 820.